The zero-order valence-electron chi connectivity index (χ0n) is 15.9. The van der Waals surface area contributed by atoms with Gasteiger partial charge in [-0.3, -0.25) is 0 Å². The Kier molecular flexibility index (Phi) is 7.23. The topological polar surface area (TPSA) is 47.6 Å². The number of alkyl carbamates (subject to hydrolysis) is 1. The molecule has 5 heteroatoms. The molecule has 0 saturated carbocycles. The van der Waals surface area contributed by atoms with Crippen LogP contribution in [-0.4, -0.2) is 33.7 Å². The molecule has 0 aliphatic rings. The number of rotatable bonds is 6. The van der Waals surface area contributed by atoms with Gasteiger partial charge in [-0.15, -0.1) is 0 Å². The van der Waals surface area contributed by atoms with E-state index in [1.807, 2.05) is 49.4 Å². The van der Waals surface area contributed by atoms with Crippen LogP contribution in [0.1, 0.15) is 33.3 Å². The van der Waals surface area contributed by atoms with Gasteiger partial charge in [0.2, 0.25) is 0 Å². The zero-order chi connectivity index (χ0) is 18.4. The second kappa shape index (κ2) is 8.49. The van der Waals surface area contributed by atoms with Crippen LogP contribution in [0.25, 0.3) is 6.08 Å². The molecular weight excluding hydrogens is 318 g/mol. The Morgan fingerprint density at radius 1 is 1.21 bits per heavy atom. The molecule has 0 heterocycles. The number of nitrogens with one attached hydrogen (secondary N) is 1. The predicted octanol–water partition coefficient (Wildman–Crippen LogP) is 4.83. The van der Waals surface area contributed by atoms with Crippen LogP contribution in [0.4, 0.5) is 4.79 Å². The Hall–Kier alpha value is -1.59. The minimum absolute atomic E-state index is 0.111. The molecule has 0 fully saturated rings. The summed E-state index contributed by atoms with van der Waals surface area (Å²) in [6.45, 7) is 13.0. The van der Waals surface area contributed by atoms with E-state index in [0.717, 1.165) is 5.56 Å². The highest BCUT2D eigenvalue weighted by atomic mass is 28.4. The van der Waals surface area contributed by atoms with Crippen LogP contribution in [-0.2, 0) is 9.16 Å². The van der Waals surface area contributed by atoms with Crippen LogP contribution in [0.2, 0.25) is 18.1 Å². The molecule has 134 valence electrons. The number of methoxy groups -OCH3 is 1. The predicted molar refractivity (Wildman–Crippen MR) is 103 cm³/mol. The quantitative estimate of drug-likeness (QED) is 0.748. The van der Waals surface area contributed by atoms with Crippen molar-refractivity contribution in [1.82, 2.24) is 5.32 Å². The molecule has 4 nitrogen and oxygen atoms in total. The number of carbonyl (C=O) groups is 1. The summed E-state index contributed by atoms with van der Waals surface area (Å²) in [6.07, 6.45) is 3.35. The summed E-state index contributed by atoms with van der Waals surface area (Å²) in [6, 6.07) is 9.73. The number of ether oxygens (including phenoxy) is 1. The van der Waals surface area contributed by atoms with Gasteiger partial charge in [0, 0.05) is 0 Å². The van der Waals surface area contributed by atoms with Crippen molar-refractivity contribution in [2.75, 3.05) is 7.11 Å². The van der Waals surface area contributed by atoms with E-state index in [2.05, 4.69) is 39.2 Å². The van der Waals surface area contributed by atoms with Gasteiger partial charge in [0.1, 0.15) is 0 Å². The van der Waals surface area contributed by atoms with Crippen molar-refractivity contribution in [2.24, 2.45) is 0 Å². The van der Waals surface area contributed by atoms with Gasteiger partial charge in [-0.25, -0.2) is 4.79 Å². The highest BCUT2D eigenvalue weighted by Gasteiger charge is 2.39. The Morgan fingerprint density at radius 2 is 1.79 bits per heavy atom. The lowest BCUT2D eigenvalue weighted by atomic mass is 10.1. The molecule has 0 radical (unpaired) electrons. The first kappa shape index (κ1) is 20.5. The van der Waals surface area contributed by atoms with Crippen LogP contribution < -0.4 is 5.32 Å². The summed E-state index contributed by atoms with van der Waals surface area (Å²) >= 11 is 0. The molecule has 1 N–H and O–H groups in total. The van der Waals surface area contributed by atoms with E-state index in [-0.39, 0.29) is 17.2 Å². The summed E-state index contributed by atoms with van der Waals surface area (Å²) in [5, 5.41) is 2.97. The third kappa shape index (κ3) is 6.13. The summed E-state index contributed by atoms with van der Waals surface area (Å²) in [4.78, 5) is 11.7. The van der Waals surface area contributed by atoms with Gasteiger partial charge in [0.25, 0.3) is 0 Å². The first-order chi connectivity index (χ1) is 11.1. The summed E-state index contributed by atoms with van der Waals surface area (Å²) in [7, 11) is -0.559. The third-order valence-corrected chi connectivity index (χ3v) is 9.13. The summed E-state index contributed by atoms with van der Waals surface area (Å²) in [5.74, 6) is 0. The molecular formula is C19H31NO3Si. The van der Waals surface area contributed by atoms with Crippen LogP contribution >= 0.6 is 0 Å². The summed E-state index contributed by atoms with van der Waals surface area (Å²) < 4.78 is 11.2. The second-order valence-corrected chi connectivity index (χ2v) is 12.3. The fourth-order valence-corrected chi connectivity index (χ4v) is 3.44. The van der Waals surface area contributed by atoms with E-state index in [4.69, 9.17) is 9.16 Å². The van der Waals surface area contributed by atoms with E-state index in [9.17, 15) is 4.79 Å². The van der Waals surface area contributed by atoms with Gasteiger partial charge in [0.05, 0.1) is 19.3 Å². The van der Waals surface area contributed by atoms with Crippen molar-refractivity contribution < 1.29 is 14.0 Å². The van der Waals surface area contributed by atoms with E-state index in [0.29, 0.717) is 0 Å². The molecule has 0 aromatic heterocycles. The van der Waals surface area contributed by atoms with Crippen LogP contribution in [0, 0.1) is 0 Å². The standard InChI is InChI=1S/C19H31NO3Si/c1-15(23-24(6,7)19(2,3)4)17(20-18(21)22-5)14-13-16-11-9-8-10-12-16/h8-15,17H,1-7H3,(H,20,21)/b14-13+/t15-,17+/m1/s1. The highest BCUT2D eigenvalue weighted by Crippen LogP contribution is 2.37. The van der Waals surface area contributed by atoms with E-state index in [1.165, 1.54) is 7.11 Å². The fraction of sp³-hybridized carbons (Fsp3) is 0.526. The normalized spacial score (nSPS) is 15.1. The van der Waals surface area contributed by atoms with Crippen molar-refractivity contribution in [1.29, 1.82) is 0 Å². The zero-order valence-corrected chi connectivity index (χ0v) is 16.9. The van der Waals surface area contributed by atoms with Gasteiger partial charge >= 0.3 is 6.09 Å². The Bertz CT molecular complexity index is 549. The lowest BCUT2D eigenvalue weighted by molar-refractivity contribution is 0.142. The van der Waals surface area contributed by atoms with Crippen molar-refractivity contribution in [3.63, 3.8) is 0 Å². The van der Waals surface area contributed by atoms with Crippen LogP contribution in [0.3, 0.4) is 0 Å². The molecule has 2 atom stereocenters. The molecule has 0 aliphatic carbocycles. The number of amides is 1. The summed E-state index contributed by atoms with van der Waals surface area (Å²) in [5.41, 5.74) is 1.08. The molecule has 0 unspecified atom stereocenters. The third-order valence-electron chi connectivity index (χ3n) is 4.56. The Labute approximate surface area is 147 Å². The van der Waals surface area contributed by atoms with Crippen LogP contribution in [0.5, 0.6) is 0 Å². The van der Waals surface area contributed by atoms with Crippen LogP contribution in [0.15, 0.2) is 36.4 Å². The average Bonchev–Trinajstić information content (AvgIpc) is 2.50. The maximum absolute atomic E-state index is 11.7. The lowest BCUT2D eigenvalue weighted by Crippen LogP contribution is -2.50. The molecule has 1 rings (SSSR count). The smallest absolute Gasteiger partial charge is 0.407 e. The van der Waals surface area contributed by atoms with Gasteiger partial charge in [0.15, 0.2) is 8.32 Å². The SMILES string of the molecule is COC(=O)N[C@@H](/C=C/c1ccccc1)[C@@H](C)O[Si](C)(C)C(C)(C)C. The van der Waals surface area contributed by atoms with Gasteiger partial charge in [-0.2, -0.15) is 0 Å². The first-order valence-corrected chi connectivity index (χ1v) is 11.2. The molecule has 0 spiro atoms. The number of benzene rings is 1. The van der Waals surface area contributed by atoms with E-state index < -0.39 is 14.4 Å². The Morgan fingerprint density at radius 3 is 2.29 bits per heavy atom. The molecule has 1 aromatic carbocycles. The number of carbonyl (C=O) groups excluding carboxylic acids is 1. The van der Waals surface area contributed by atoms with Gasteiger partial charge in [-0.05, 0) is 30.6 Å². The maximum Gasteiger partial charge on any atom is 0.407 e. The highest BCUT2D eigenvalue weighted by molar-refractivity contribution is 6.74. The Balaban J connectivity index is 2.92. The maximum atomic E-state index is 11.7. The minimum atomic E-state index is -1.93. The average molecular weight is 350 g/mol. The molecule has 1 amide bonds. The fourth-order valence-electron chi connectivity index (χ4n) is 2.01. The van der Waals surface area contributed by atoms with E-state index in [1.54, 1.807) is 0 Å². The van der Waals surface area contributed by atoms with Gasteiger partial charge < -0.3 is 14.5 Å². The van der Waals surface area contributed by atoms with Crippen molar-refractivity contribution in [2.45, 2.75) is 58.0 Å². The minimum Gasteiger partial charge on any atom is -0.453 e. The lowest BCUT2D eigenvalue weighted by Gasteiger charge is -2.40. The van der Waals surface area contributed by atoms with Crippen molar-refractivity contribution >= 4 is 20.5 Å². The second-order valence-electron chi connectivity index (χ2n) is 7.51. The molecule has 0 aliphatic heterocycles. The molecule has 24 heavy (non-hydrogen) atoms. The molecule has 0 saturated heterocycles. The first-order valence-electron chi connectivity index (χ1n) is 8.32. The monoisotopic (exact) mass is 349 g/mol. The largest absolute Gasteiger partial charge is 0.453 e. The van der Waals surface area contributed by atoms with Crippen molar-refractivity contribution in [3.05, 3.63) is 42.0 Å². The molecule has 1 aromatic rings. The van der Waals surface area contributed by atoms with Gasteiger partial charge in [-0.1, -0.05) is 63.3 Å². The number of hydrogen-bond acceptors (Lipinski definition) is 3. The number of hydrogen-bond donors (Lipinski definition) is 1. The van der Waals surface area contributed by atoms with E-state index >= 15 is 0 Å². The van der Waals surface area contributed by atoms with Crippen molar-refractivity contribution in [3.8, 4) is 0 Å². The molecule has 0 bridgehead atoms.